The van der Waals surface area contributed by atoms with Gasteiger partial charge in [-0.2, -0.15) is 0 Å². The molecule has 5 amide bonds. The van der Waals surface area contributed by atoms with Crippen molar-refractivity contribution >= 4 is 35.3 Å². The minimum atomic E-state index is -0.675. The van der Waals surface area contributed by atoms with E-state index in [9.17, 15) is 28.8 Å². The molecule has 0 unspecified atom stereocenters. The molecule has 5 N–H and O–H groups in total. The molecule has 4 aliphatic heterocycles. The van der Waals surface area contributed by atoms with Crippen LogP contribution in [-0.4, -0.2) is 131 Å². The quantitative estimate of drug-likeness (QED) is 0.0396. The smallest absolute Gasteiger partial charge is 0.246 e. The first-order valence-corrected chi connectivity index (χ1v) is 30.3. The number of Topliss-reactive ketones (excluding diaryl/α,β-unsaturated/α-hetero) is 1. The van der Waals surface area contributed by atoms with Gasteiger partial charge in [0.25, 0.3) is 0 Å². The number of aryl methyl sites for hydroxylation is 4. The minimum absolute atomic E-state index is 0.00832. The van der Waals surface area contributed by atoms with E-state index in [1.54, 1.807) is 25.9 Å². The summed E-state index contributed by atoms with van der Waals surface area (Å²) in [5.74, 6) is -1.34. The molecule has 4 aliphatic rings. The Kier molecular flexibility index (Phi) is 20.8. The number of nitrogens with one attached hydrogen (secondary N) is 5. The van der Waals surface area contributed by atoms with E-state index in [0.29, 0.717) is 50.2 Å². The Morgan fingerprint density at radius 2 is 1.01 bits per heavy atom. The summed E-state index contributed by atoms with van der Waals surface area (Å²) in [6.07, 6.45) is 18.8. The number of carbonyl (C=O) groups is 6. The van der Waals surface area contributed by atoms with E-state index >= 15 is 0 Å². The first-order chi connectivity index (χ1) is 39.9. The lowest BCUT2D eigenvalue weighted by Crippen LogP contribution is -2.58. The molecule has 4 fully saturated rings. The van der Waals surface area contributed by atoms with Crippen LogP contribution in [0.25, 0.3) is 0 Å². The molecule has 19 heteroatoms. The Morgan fingerprint density at radius 3 is 1.50 bits per heavy atom. The van der Waals surface area contributed by atoms with Gasteiger partial charge in [-0.05, 0) is 140 Å². The van der Waals surface area contributed by atoms with Crippen molar-refractivity contribution in [3.8, 4) is 0 Å². The van der Waals surface area contributed by atoms with Gasteiger partial charge < -0.3 is 36.4 Å². The van der Waals surface area contributed by atoms with Gasteiger partial charge in [0.1, 0.15) is 35.3 Å². The number of ketones is 1. The van der Waals surface area contributed by atoms with Crippen molar-refractivity contribution in [1.82, 2.24) is 66.4 Å². The average Bonchev–Trinajstić information content (AvgIpc) is 4.39. The average molecular weight is 1120 g/mol. The number of rotatable bonds is 25. The Morgan fingerprint density at radius 1 is 0.549 bits per heavy atom. The topological polar surface area (TPSA) is 230 Å². The molecular formula is C63H85N13O6. The van der Waals surface area contributed by atoms with Crippen molar-refractivity contribution in [3.05, 3.63) is 131 Å². The van der Waals surface area contributed by atoms with Crippen molar-refractivity contribution in [2.45, 2.75) is 203 Å². The van der Waals surface area contributed by atoms with Crippen LogP contribution in [0.15, 0.2) is 97.3 Å². The number of unbranched alkanes of at least 4 members (excludes halogenated alkanes) is 2. The second-order valence-corrected chi connectivity index (χ2v) is 23.3. The third-order valence-corrected chi connectivity index (χ3v) is 17.7. The maximum atomic E-state index is 14.3. The lowest BCUT2D eigenvalue weighted by molar-refractivity contribution is -0.146. The first-order valence-electron chi connectivity index (χ1n) is 30.3. The summed E-state index contributed by atoms with van der Waals surface area (Å²) in [6.45, 7) is 4.94. The largest absolute Gasteiger partial charge is 0.343 e. The van der Waals surface area contributed by atoms with Gasteiger partial charge in [-0.3, -0.25) is 38.1 Å². The molecule has 0 radical (unpaired) electrons. The van der Waals surface area contributed by atoms with E-state index in [0.717, 1.165) is 101 Å². The van der Waals surface area contributed by atoms with E-state index in [4.69, 9.17) is 0 Å². The summed E-state index contributed by atoms with van der Waals surface area (Å²) < 4.78 is 3.69. The molecule has 6 heterocycles. The van der Waals surface area contributed by atoms with E-state index in [1.165, 1.54) is 11.1 Å². The highest BCUT2D eigenvalue weighted by Gasteiger charge is 2.46. The van der Waals surface area contributed by atoms with Crippen LogP contribution in [0.4, 0.5) is 0 Å². The van der Waals surface area contributed by atoms with Gasteiger partial charge in [0.2, 0.25) is 29.5 Å². The third kappa shape index (κ3) is 14.9. The molecule has 0 saturated carbocycles. The minimum Gasteiger partial charge on any atom is -0.343 e. The Balaban J connectivity index is 0.734. The maximum absolute atomic E-state index is 14.3. The third-order valence-electron chi connectivity index (χ3n) is 17.7. The molecule has 4 saturated heterocycles. The number of likely N-dealkylation sites (N-methyl/N-ethyl adjacent to an activating group) is 2. The zero-order valence-corrected chi connectivity index (χ0v) is 48.4. The van der Waals surface area contributed by atoms with Crippen molar-refractivity contribution in [2.24, 2.45) is 5.92 Å². The van der Waals surface area contributed by atoms with Crippen molar-refractivity contribution < 1.29 is 28.8 Å². The standard InChI is InChI=1S/C63H85N13O6/c1-42(64-3)56(77)39-48-25-11-12-26-49-33-35-54(75(49)62(48)81)60(79)67-57(46-21-7-5-8-22-46)52-40-73(71-69-52)37-17-15-19-44-29-31-45(32-30-44)20-16-18-38-74-41-53(70-72-74)58(47-23-9-6-10-24-47)68-61(80)55-36-34-50-27-13-14-28-51(63(82)76(50)55)66-59(78)43(2)65-4/h5-10,21-24,29-32,40-43,48-51,54-55,57-58,64-65H,11-20,25-28,33-39H2,1-4H3,(H,66,78)(H,67,79)(H,68,80)/t42-,43-,48+,49-,50-,51-,54-,55-,57+,58+/m0/s1. The van der Waals surface area contributed by atoms with Gasteiger partial charge in [0.05, 0.1) is 36.6 Å². The molecule has 0 aliphatic carbocycles. The highest BCUT2D eigenvalue weighted by Crippen LogP contribution is 2.36. The van der Waals surface area contributed by atoms with Gasteiger partial charge in [0, 0.05) is 37.5 Å². The highest BCUT2D eigenvalue weighted by atomic mass is 16.2. The molecule has 19 nitrogen and oxygen atoms in total. The lowest BCUT2D eigenvalue weighted by atomic mass is 9.89. The van der Waals surface area contributed by atoms with E-state index in [-0.39, 0.29) is 59.9 Å². The first kappa shape index (κ1) is 59.5. The number of benzene rings is 3. The molecule has 82 heavy (non-hydrogen) atoms. The van der Waals surface area contributed by atoms with Gasteiger partial charge in [-0.25, -0.2) is 0 Å². The monoisotopic (exact) mass is 1120 g/mol. The van der Waals surface area contributed by atoms with Crippen LogP contribution < -0.4 is 26.6 Å². The second kappa shape index (κ2) is 28.7. The van der Waals surface area contributed by atoms with E-state index in [2.05, 4.69) is 71.5 Å². The molecule has 0 spiro atoms. The fourth-order valence-electron chi connectivity index (χ4n) is 12.6. The summed E-state index contributed by atoms with van der Waals surface area (Å²) >= 11 is 0. The SMILES string of the molecule is CN[C@@H](C)C(=O)C[C@H]1CCCC[C@H]2CC[C@@H](C(=O)N[C@H](c3ccccc3)c3cn(CCCCc4ccc(CCCCn5cc([C@H](NC(=O)[C@@H]6CC[C@@H]7CCCC[C@H](NC(=O)[C@H](C)NC)C(=O)N76)c6ccccc6)nn5)cc4)nn3)N2C1=O. The van der Waals surface area contributed by atoms with Gasteiger partial charge in [0.15, 0.2) is 0 Å². The van der Waals surface area contributed by atoms with E-state index < -0.39 is 42.2 Å². The molecule has 0 bridgehead atoms. The zero-order valence-electron chi connectivity index (χ0n) is 48.4. The van der Waals surface area contributed by atoms with E-state index in [1.807, 2.05) is 94.2 Å². The normalized spacial score (nSPS) is 22.6. The van der Waals surface area contributed by atoms with Crippen LogP contribution in [0.5, 0.6) is 0 Å². The maximum Gasteiger partial charge on any atom is 0.246 e. The molecule has 3 aromatic carbocycles. The molecule has 10 atom stereocenters. The number of aromatic nitrogens is 6. The number of nitrogens with zero attached hydrogens (tertiary/aromatic N) is 8. The van der Waals surface area contributed by atoms with Gasteiger partial charge >= 0.3 is 0 Å². The Hall–Kier alpha value is -7.12. The molecule has 2 aromatic heterocycles. The summed E-state index contributed by atoms with van der Waals surface area (Å²) in [5.41, 5.74) is 5.56. The molecular weight excluding hydrogens is 1030 g/mol. The van der Waals surface area contributed by atoms with Gasteiger partial charge in [-0.15, -0.1) is 10.2 Å². The number of carbonyl (C=O) groups excluding carboxylic acids is 6. The van der Waals surface area contributed by atoms with Crippen LogP contribution in [0.1, 0.15) is 169 Å². The molecule has 438 valence electrons. The van der Waals surface area contributed by atoms with Crippen molar-refractivity contribution in [2.75, 3.05) is 14.1 Å². The van der Waals surface area contributed by atoms with Crippen LogP contribution in [0.3, 0.4) is 0 Å². The van der Waals surface area contributed by atoms with Crippen LogP contribution in [0, 0.1) is 5.92 Å². The molecule has 5 aromatic rings. The van der Waals surface area contributed by atoms with Crippen molar-refractivity contribution in [1.29, 1.82) is 0 Å². The predicted molar refractivity (Wildman–Crippen MR) is 312 cm³/mol. The predicted octanol–water partition coefficient (Wildman–Crippen LogP) is 6.47. The summed E-state index contributed by atoms with van der Waals surface area (Å²) in [5, 5.41) is 33.5. The Labute approximate surface area is 482 Å². The number of fused-ring (bicyclic) bond motifs is 2. The van der Waals surface area contributed by atoms with Crippen LogP contribution in [-0.2, 0) is 54.7 Å². The number of hydrogen-bond acceptors (Lipinski definition) is 12. The van der Waals surface area contributed by atoms with Crippen LogP contribution in [0.2, 0.25) is 0 Å². The number of hydrogen-bond donors (Lipinski definition) is 5. The highest BCUT2D eigenvalue weighted by molar-refractivity contribution is 5.95. The fraction of sp³-hybridized carbons (Fsp3) is 0.556. The summed E-state index contributed by atoms with van der Waals surface area (Å²) in [6, 6.07) is 24.5. The second-order valence-electron chi connectivity index (χ2n) is 23.3. The molecule has 9 rings (SSSR count). The number of amides is 5. The summed E-state index contributed by atoms with van der Waals surface area (Å²) in [7, 11) is 3.47. The van der Waals surface area contributed by atoms with Crippen LogP contribution >= 0.6 is 0 Å². The lowest BCUT2D eigenvalue weighted by Gasteiger charge is -2.36. The Bertz CT molecular complexity index is 2720. The zero-order chi connectivity index (χ0) is 57.5. The van der Waals surface area contributed by atoms with Crippen molar-refractivity contribution in [3.63, 3.8) is 0 Å². The van der Waals surface area contributed by atoms with Gasteiger partial charge in [-0.1, -0.05) is 121 Å². The fourth-order valence-corrected chi connectivity index (χ4v) is 12.6. The summed E-state index contributed by atoms with van der Waals surface area (Å²) in [4.78, 5) is 86.3.